The maximum atomic E-state index is 5.56. The summed E-state index contributed by atoms with van der Waals surface area (Å²) in [5.41, 5.74) is 3.76. The Morgan fingerprint density at radius 3 is 2.19 bits per heavy atom. The molecule has 5 nitrogen and oxygen atoms in total. The molecule has 0 aromatic heterocycles. The van der Waals surface area contributed by atoms with Crippen LogP contribution in [0.4, 0.5) is 0 Å². The van der Waals surface area contributed by atoms with Gasteiger partial charge in [0.15, 0.2) is 0 Å². The van der Waals surface area contributed by atoms with Crippen LogP contribution in [0.5, 0.6) is 23.0 Å². The molecular formula is C21H27NO4. The maximum absolute atomic E-state index is 5.56. The molecule has 0 saturated heterocycles. The van der Waals surface area contributed by atoms with Crippen molar-refractivity contribution in [3.05, 3.63) is 47.0 Å². The van der Waals surface area contributed by atoms with Crippen LogP contribution in [-0.4, -0.2) is 46.4 Å². The van der Waals surface area contributed by atoms with Crippen molar-refractivity contribution in [1.29, 1.82) is 0 Å². The zero-order valence-corrected chi connectivity index (χ0v) is 16.0. The molecule has 0 radical (unpaired) electrons. The highest BCUT2D eigenvalue weighted by atomic mass is 16.5. The normalized spacial score (nSPS) is 13.8. The van der Waals surface area contributed by atoms with Crippen LogP contribution < -0.4 is 18.9 Å². The SMILES string of the molecule is COc1cc(OC)c(CCN2CCc3cccc(OC)c3C2)c(OC)c1. The van der Waals surface area contributed by atoms with Crippen LogP contribution in [0.15, 0.2) is 30.3 Å². The second kappa shape index (κ2) is 8.32. The van der Waals surface area contributed by atoms with Crippen molar-refractivity contribution in [2.45, 2.75) is 19.4 Å². The van der Waals surface area contributed by atoms with E-state index in [-0.39, 0.29) is 0 Å². The topological polar surface area (TPSA) is 40.2 Å². The molecule has 0 unspecified atom stereocenters. The second-order valence-electron chi connectivity index (χ2n) is 6.38. The minimum Gasteiger partial charge on any atom is -0.496 e. The fraction of sp³-hybridized carbons (Fsp3) is 0.429. The number of rotatable bonds is 7. The highest BCUT2D eigenvalue weighted by molar-refractivity contribution is 5.51. The molecule has 2 aromatic carbocycles. The van der Waals surface area contributed by atoms with Gasteiger partial charge in [0.25, 0.3) is 0 Å². The van der Waals surface area contributed by atoms with Crippen molar-refractivity contribution in [3.8, 4) is 23.0 Å². The standard InChI is InChI=1S/C21H27NO4/c1-23-16-12-20(25-3)17(21(13-16)26-4)9-11-22-10-8-15-6-5-7-19(24-2)18(15)14-22/h5-7,12-13H,8-11,14H2,1-4H3. The fourth-order valence-corrected chi connectivity index (χ4v) is 3.58. The van der Waals surface area contributed by atoms with Gasteiger partial charge >= 0.3 is 0 Å². The molecule has 0 spiro atoms. The zero-order valence-electron chi connectivity index (χ0n) is 16.0. The van der Waals surface area contributed by atoms with E-state index in [2.05, 4.69) is 17.0 Å². The van der Waals surface area contributed by atoms with Gasteiger partial charge in [0.2, 0.25) is 0 Å². The molecule has 0 saturated carbocycles. The molecule has 3 rings (SSSR count). The lowest BCUT2D eigenvalue weighted by molar-refractivity contribution is 0.249. The molecule has 2 aromatic rings. The molecule has 0 fully saturated rings. The number of hydrogen-bond donors (Lipinski definition) is 0. The number of hydrogen-bond acceptors (Lipinski definition) is 5. The summed E-state index contributed by atoms with van der Waals surface area (Å²) in [6.45, 7) is 2.87. The molecule has 5 heteroatoms. The Labute approximate surface area is 155 Å². The monoisotopic (exact) mass is 357 g/mol. The smallest absolute Gasteiger partial charge is 0.129 e. The van der Waals surface area contributed by atoms with Gasteiger partial charge in [0.1, 0.15) is 23.0 Å². The zero-order chi connectivity index (χ0) is 18.5. The maximum Gasteiger partial charge on any atom is 0.129 e. The molecule has 0 atom stereocenters. The highest BCUT2D eigenvalue weighted by Gasteiger charge is 2.21. The molecule has 140 valence electrons. The number of nitrogens with zero attached hydrogens (tertiary/aromatic N) is 1. The van der Waals surface area contributed by atoms with Gasteiger partial charge in [0.05, 0.1) is 28.4 Å². The van der Waals surface area contributed by atoms with Crippen molar-refractivity contribution in [1.82, 2.24) is 4.90 Å². The average Bonchev–Trinajstić information content (AvgIpc) is 2.70. The Kier molecular flexibility index (Phi) is 5.89. The summed E-state index contributed by atoms with van der Waals surface area (Å²) in [6, 6.07) is 10.1. The quantitative estimate of drug-likeness (QED) is 0.760. The van der Waals surface area contributed by atoms with E-state index < -0.39 is 0 Å². The van der Waals surface area contributed by atoms with Gasteiger partial charge < -0.3 is 18.9 Å². The van der Waals surface area contributed by atoms with Gasteiger partial charge in [-0.25, -0.2) is 0 Å². The molecule has 0 amide bonds. The lowest BCUT2D eigenvalue weighted by Crippen LogP contribution is -2.32. The van der Waals surface area contributed by atoms with Crippen LogP contribution >= 0.6 is 0 Å². The van der Waals surface area contributed by atoms with E-state index >= 15 is 0 Å². The van der Waals surface area contributed by atoms with Crippen LogP contribution in [0, 0.1) is 0 Å². The van der Waals surface area contributed by atoms with Crippen LogP contribution in [0.2, 0.25) is 0 Å². The first-order chi connectivity index (χ1) is 12.7. The van der Waals surface area contributed by atoms with Crippen LogP contribution in [0.1, 0.15) is 16.7 Å². The van der Waals surface area contributed by atoms with Crippen molar-refractivity contribution in [2.75, 3.05) is 41.5 Å². The lowest BCUT2D eigenvalue weighted by atomic mass is 9.98. The fourth-order valence-electron chi connectivity index (χ4n) is 3.58. The van der Waals surface area contributed by atoms with E-state index in [0.29, 0.717) is 0 Å². The first-order valence-electron chi connectivity index (χ1n) is 8.86. The Bertz CT molecular complexity index is 720. The molecule has 1 aliphatic rings. The van der Waals surface area contributed by atoms with Crippen molar-refractivity contribution < 1.29 is 18.9 Å². The highest BCUT2D eigenvalue weighted by Crippen LogP contribution is 2.35. The second-order valence-corrected chi connectivity index (χ2v) is 6.38. The molecule has 26 heavy (non-hydrogen) atoms. The number of ether oxygens (including phenoxy) is 4. The number of fused-ring (bicyclic) bond motifs is 1. The third-order valence-corrected chi connectivity index (χ3v) is 5.02. The first kappa shape index (κ1) is 18.4. The van der Waals surface area contributed by atoms with Crippen LogP contribution in [0.3, 0.4) is 0 Å². The van der Waals surface area contributed by atoms with Gasteiger partial charge in [-0.05, 0) is 24.5 Å². The van der Waals surface area contributed by atoms with Gasteiger partial charge in [0, 0.05) is 42.9 Å². The molecular weight excluding hydrogens is 330 g/mol. The molecule has 0 N–H and O–H groups in total. The molecule has 0 bridgehead atoms. The Morgan fingerprint density at radius 2 is 1.58 bits per heavy atom. The molecule has 1 heterocycles. The van der Waals surface area contributed by atoms with Gasteiger partial charge in [-0.15, -0.1) is 0 Å². The van der Waals surface area contributed by atoms with E-state index in [4.69, 9.17) is 18.9 Å². The van der Waals surface area contributed by atoms with Crippen LogP contribution in [-0.2, 0) is 19.4 Å². The summed E-state index contributed by atoms with van der Waals surface area (Å²) < 4.78 is 22.0. The predicted molar refractivity (Wildman–Crippen MR) is 102 cm³/mol. The molecule has 0 aliphatic carbocycles. The van der Waals surface area contributed by atoms with Crippen molar-refractivity contribution in [2.24, 2.45) is 0 Å². The third-order valence-electron chi connectivity index (χ3n) is 5.02. The van der Waals surface area contributed by atoms with Gasteiger partial charge in [-0.3, -0.25) is 4.90 Å². The summed E-state index contributed by atoms with van der Waals surface area (Å²) >= 11 is 0. The van der Waals surface area contributed by atoms with E-state index in [0.717, 1.165) is 61.0 Å². The number of methoxy groups -OCH3 is 4. The summed E-state index contributed by atoms with van der Waals surface area (Å²) in [4.78, 5) is 2.45. The minimum atomic E-state index is 0.735. The summed E-state index contributed by atoms with van der Waals surface area (Å²) in [7, 11) is 6.74. The third kappa shape index (κ3) is 3.73. The van der Waals surface area contributed by atoms with Crippen molar-refractivity contribution in [3.63, 3.8) is 0 Å². The van der Waals surface area contributed by atoms with E-state index in [1.807, 2.05) is 18.2 Å². The van der Waals surface area contributed by atoms with Crippen LogP contribution in [0.25, 0.3) is 0 Å². The summed E-state index contributed by atoms with van der Waals surface area (Å²) in [5.74, 6) is 3.32. The van der Waals surface area contributed by atoms with E-state index in [9.17, 15) is 0 Å². The van der Waals surface area contributed by atoms with E-state index in [1.54, 1.807) is 28.4 Å². The summed E-state index contributed by atoms with van der Waals surface area (Å²) in [6.07, 6.45) is 1.89. The summed E-state index contributed by atoms with van der Waals surface area (Å²) in [5, 5.41) is 0. The molecule has 1 aliphatic heterocycles. The Hall–Kier alpha value is -2.40. The Balaban J connectivity index is 1.75. The average molecular weight is 357 g/mol. The lowest BCUT2D eigenvalue weighted by Gasteiger charge is -2.30. The first-order valence-corrected chi connectivity index (χ1v) is 8.86. The minimum absolute atomic E-state index is 0.735. The largest absolute Gasteiger partial charge is 0.496 e. The predicted octanol–water partition coefficient (Wildman–Crippen LogP) is 3.32. The Morgan fingerprint density at radius 1 is 0.885 bits per heavy atom. The van der Waals surface area contributed by atoms with E-state index in [1.165, 1.54) is 11.1 Å². The van der Waals surface area contributed by atoms with Crippen molar-refractivity contribution >= 4 is 0 Å². The van der Waals surface area contributed by atoms with Gasteiger partial charge in [-0.1, -0.05) is 12.1 Å². The van der Waals surface area contributed by atoms with Gasteiger partial charge in [-0.2, -0.15) is 0 Å². The number of benzene rings is 2.